The van der Waals surface area contributed by atoms with Gasteiger partial charge in [0.05, 0.1) is 0 Å². The number of aromatic nitrogens is 4. The van der Waals surface area contributed by atoms with E-state index in [1.54, 1.807) is 0 Å². The molecule has 5 N–H and O–H groups in total. The van der Waals surface area contributed by atoms with Gasteiger partial charge in [-0.15, -0.1) is 24.8 Å². The van der Waals surface area contributed by atoms with Crippen LogP contribution >= 0.6 is 24.8 Å². The Labute approximate surface area is 164 Å². The van der Waals surface area contributed by atoms with Gasteiger partial charge in [-0.25, -0.2) is 9.97 Å². The van der Waals surface area contributed by atoms with Gasteiger partial charge in [-0.05, 0) is 37.8 Å². The smallest absolute Gasteiger partial charge is 0.204 e. The molecule has 26 heavy (non-hydrogen) atoms. The molecule has 1 fully saturated rings. The number of halogens is 2. The average Bonchev–Trinajstić information content (AvgIpc) is 3.07. The fraction of sp³-hybridized carbons (Fsp3) is 0.353. The predicted octanol–water partition coefficient (Wildman–Crippen LogP) is 3.57. The third-order valence-electron chi connectivity index (χ3n) is 4.43. The van der Waals surface area contributed by atoms with Crippen LogP contribution in [0.4, 0.5) is 17.5 Å². The van der Waals surface area contributed by atoms with E-state index in [0.717, 1.165) is 42.9 Å². The lowest BCUT2D eigenvalue weighted by Crippen LogP contribution is -2.33. The summed E-state index contributed by atoms with van der Waals surface area (Å²) in [5, 5.41) is 6.84. The molecule has 9 heteroatoms. The maximum absolute atomic E-state index is 5.98. The summed E-state index contributed by atoms with van der Waals surface area (Å²) in [6, 6.07) is 10.7. The predicted molar refractivity (Wildman–Crippen MR) is 109 cm³/mol. The normalized spacial score (nSPS) is 19.3. The number of imidazole rings is 1. The summed E-state index contributed by atoms with van der Waals surface area (Å²) in [6.07, 6.45) is 5.74. The molecule has 0 spiro atoms. The molecule has 1 saturated carbocycles. The van der Waals surface area contributed by atoms with E-state index in [4.69, 9.17) is 5.73 Å². The molecule has 0 amide bonds. The van der Waals surface area contributed by atoms with Crippen LogP contribution < -0.4 is 16.4 Å². The van der Waals surface area contributed by atoms with Crippen LogP contribution in [-0.4, -0.2) is 32.0 Å². The van der Waals surface area contributed by atoms with Crippen LogP contribution in [0, 0.1) is 0 Å². The molecule has 4 rings (SSSR count). The van der Waals surface area contributed by atoms with E-state index in [1.165, 1.54) is 6.33 Å². The van der Waals surface area contributed by atoms with E-state index in [2.05, 4.69) is 30.6 Å². The number of nitrogens with one attached hydrogen (secondary N) is 3. The number of para-hydroxylation sites is 1. The molecule has 0 aromatic heterocycles. The molecule has 140 valence electrons. The number of benzene rings is 1. The number of anilines is 3. The number of nitrogens with zero attached hydrogens (tertiary/aromatic N) is 3. The van der Waals surface area contributed by atoms with E-state index in [9.17, 15) is 0 Å². The van der Waals surface area contributed by atoms with Crippen LogP contribution in [0.15, 0.2) is 36.7 Å². The highest BCUT2D eigenvalue weighted by atomic mass is 35.5. The lowest BCUT2D eigenvalue weighted by Gasteiger charge is -2.27. The van der Waals surface area contributed by atoms with Gasteiger partial charge in [0.1, 0.15) is 12.1 Å². The van der Waals surface area contributed by atoms with Crippen LogP contribution in [0.5, 0.6) is 0 Å². The van der Waals surface area contributed by atoms with Gasteiger partial charge in [0.2, 0.25) is 5.95 Å². The van der Waals surface area contributed by atoms with Crippen LogP contribution in [0.3, 0.4) is 0 Å². The first-order chi connectivity index (χ1) is 11.8. The second-order valence-corrected chi connectivity index (χ2v) is 6.25. The lowest BCUT2D eigenvalue weighted by molar-refractivity contribution is 0.410. The van der Waals surface area contributed by atoms with E-state index in [-0.39, 0.29) is 24.8 Å². The van der Waals surface area contributed by atoms with Gasteiger partial charge < -0.3 is 21.4 Å². The Kier molecular flexibility index (Phi) is 7.02. The highest BCUT2D eigenvalue weighted by Crippen LogP contribution is 2.28. The zero-order valence-corrected chi connectivity index (χ0v) is 15.8. The number of H-pyrrole nitrogens is 1. The topological polar surface area (TPSA) is 105 Å². The van der Waals surface area contributed by atoms with Crippen LogP contribution in [0.25, 0.3) is 11.5 Å². The number of hydrogen-bond acceptors (Lipinski definition) is 6. The highest BCUT2D eigenvalue weighted by Gasteiger charge is 2.21. The Morgan fingerprint density at radius 2 is 1.73 bits per heavy atom. The number of hydrogen-bond donors (Lipinski definition) is 4. The molecule has 7 nitrogen and oxygen atoms in total. The fourth-order valence-electron chi connectivity index (χ4n) is 3.11. The summed E-state index contributed by atoms with van der Waals surface area (Å²) in [7, 11) is 0. The zero-order chi connectivity index (χ0) is 16.4. The standard InChI is InChI=1S/C17H21N7.2ClH/c18-11-6-8-13(9-7-11)22-17-23-15-14(19-10-20-15)16(24-17)21-12-4-2-1-3-5-12;;/h1-5,10-11,13H,6-9,18H2,(H3,19,20,21,22,23,24);2*1H. The average molecular weight is 396 g/mol. The summed E-state index contributed by atoms with van der Waals surface area (Å²) in [6.45, 7) is 0. The second kappa shape index (κ2) is 9.02. The van der Waals surface area contributed by atoms with Gasteiger partial charge in [0.25, 0.3) is 0 Å². The van der Waals surface area contributed by atoms with Crippen molar-refractivity contribution in [3.63, 3.8) is 0 Å². The largest absolute Gasteiger partial charge is 0.353 e. The third kappa shape index (κ3) is 4.55. The molecule has 3 aliphatic rings. The van der Waals surface area contributed by atoms with Gasteiger partial charge in [-0.3, -0.25) is 0 Å². The molecule has 0 saturated heterocycles. The van der Waals surface area contributed by atoms with Crippen molar-refractivity contribution in [2.75, 3.05) is 10.6 Å². The van der Waals surface area contributed by atoms with Crippen LogP contribution in [-0.2, 0) is 0 Å². The van der Waals surface area contributed by atoms with Crippen molar-refractivity contribution >= 4 is 42.3 Å². The van der Waals surface area contributed by atoms with Crippen LogP contribution in [0.2, 0.25) is 0 Å². The minimum atomic E-state index is 0. The van der Waals surface area contributed by atoms with Crippen molar-refractivity contribution in [2.24, 2.45) is 5.73 Å². The molecule has 0 bridgehead atoms. The first kappa shape index (κ1) is 20.2. The van der Waals surface area contributed by atoms with Crippen molar-refractivity contribution in [3.05, 3.63) is 36.7 Å². The summed E-state index contributed by atoms with van der Waals surface area (Å²) in [4.78, 5) is 16.4. The SMILES string of the molecule is Cl.Cl.NC1CCC(Nc2nc3ncnc-3c(Nc3ccccc3)[nH]2)CC1. The Hall–Kier alpha value is -2.09. The van der Waals surface area contributed by atoms with E-state index in [1.807, 2.05) is 30.3 Å². The number of aromatic amines is 1. The lowest BCUT2D eigenvalue weighted by atomic mass is 9.92. The van der Waals surface area contributed by atoms with Crippen molar-refractivity contribution in [3.8, 4) is 11.5 Å². The van der Waals surface area contributed by atoms with E-state index < -0.39 is 0 Å². The van der Waals surface area contributed by atoms with Gasteiger partial charge >= 0.3 is 0 Å². The summed E-state index contributed by atoms with van der Waals surface area (Å²) < 4.78 is 0. The molecular weight excluding hydrogens is 373 g/mol. The summed E-state index contributed by atoms with van der Waals surface area (Å²) in [5.41, 5.74) is 7.70. The fourth-order valence-corrected chi connectivity index (χ4v) is 3.11. The zero-order valence-electron chi connectivity index (χ0n) is 14.2. The molecule has 2 aliphatic heterocycles. The molecule has 0 radical (unpaired) electrons. The molecule has 2 heterocycles. The molecule has 0 atom stereocenters. The van der Waals surface area contributed by atoms with Crippen LogP contribution in [0.1, 0.15) is 25.7 Å². The Bertz CT molecular complexity index is 772. The van der Waals surface area contributed by atoms with Crippen molar-refractivity contribution in [1.82, 2.24) is 19.9 Å². The van der Waals surface area contributed by atoms with Crippen molar-refractivity contribution in [1.29, 1.82) is 0 Å². The molecule has 1 aromatic carbocycles. The third-order valence-corrected chi connectivity index (χ3v) is 4.43. The van der Waals surface area contributed by atoms with E-state index >= 15 is 0 Å². The molecule has 0 unspecified atom stereocenters. The van der Waals surface area contributed by atoms with Gasteiger partial charge in [0.15, 0.2) is 11.5 Å². The quantitative estimate of drug-likeness (QED) is 0.538. The van der Waals surface area contributed by atoms with Crippen molar-refractivity contribution in [2.45, 2.75) is 37.8 Å². The Morgan fingerprint density at radius 3 is 2.46 bits per heavy atom. The van der Waals surface area contributed by atoms with E-state index in [0.29, 0.717) is 23.9 Å². The first-order valence-corrected chi connectivity index (χ1v) is 8.33. The second-order valence-electron chi connectivity index (χ2n) is 6.25. The van der Waals surface area contributed by atoms with Crippen molar-refractivity contribution < 1.29 is 0 Å². The minimum absolute atomic E-state index is 0. The monoisotopic (exact) mass is 395 g/mol. The highest BCUT2D eigenvalue weighted by molar-refractivity contribution is 5.85. The molecular formula is C17H23Cl2N7. The number of fused-ring (bicyclic) bond motifs is 1. The van der Waals surface area contributed by atoms with Gasteiger partial charge in [-0.2, -0.15) is 4.98 Å². The van der Waals surface area contributed by atoms with Gasteiger partial charge in [-0.1, -0.05) is 18.2 Å². The first-order valence-electron chi connectivity index (χ1n) is 8.33. The Morgan fingerprint density at radius 1 is 1.00 bits per heavy atom. The Balaban J connectivity index is 0.00000121. The number of nitrogens with two attached hydrogens (primary N) is 1. The minimum Gasteiger partial charge on any atom is -0.353 e. The summed E-state index contributed by atoms with van der Waals surface area (Å²) >= 11 is 0. The maximum atomic E-state index is 5.98. The number of rotatable bonds is 4. The summed E-state index contributed by atoms with van der Waals surface area (Å²) in [5.74, 6) is 2.13. The van der Waals surface area contributed by atoms with Gasteiger partial charge in [0, 0.05) is 17.8 Å². The molecule has 1 aliphatic carbocycles. The molecule has 1 aromatic rings. The maximum Gasteiger partial charge on any atom is 0.204 e.